The molecular formula is C20H35FIN5S. The van der Waals surface area contributed by atoms with Crippen molar-refractivity contribution in [2.24, 2.45) is 4.99 Å². The molecule has 1 heterocycles. The molecule has 0 atom stereocenters. The fourth-order valence-corrected chi connectivity index (χ4v) is 3.77. The highest BCUT2D eigenvalue weighted by molar-refractivity contribution is 14.0. The predicted octanol–water partition coefficient (Wildman–Crippen LogP) is 3.00. The SMILES string of the molecule is CN=C(NCCCCN1CCN(C)CC1)NCc1ccc(F)cc1CSC.I. The Morgan fingerprint density at radius 3 is 2.57 bits per heavy atom. The van der Waals surface area contributed by atoms with Gasteiger partial charge in [-0.3, -0.25) is 4.99 Å². The topological polar surface area (TPSA) is 42.9 Å². The monoisotopic (exact) mass is 523 g/mol. The maximum Gasteiger partial charge on any atom is 0.191 e. The average molecular weight is 524 g/mol. The quantitative estimate of drug-likeness (QED) is 0.226. The minimum absolute atomic E-state index is 0. The van der Waals surface area contributed by atoms with Gasteiger partial charge in [-0.1, -0.05) is 6.07 Å². The molecule has 0 saturated carbocycles. The Kier molecular flexibility index (Phi) is 13.1. The first kappa shape index (κ1) is 25.5. The first-order chi connectivity index (χ1) is 13.1. The molecule has 1 aliphatic heterocycles. The van der Waals surface area contributed by atoms with Crippen molar-refractivity contribution < 1.29 is 4.39 Å². The van der Waals surface area contributed by atoms with Crippen molar-refractivity contribution >= 4 is 41.7 Å². The molecule has 1 aliphatic rings. The lowest BCUT2D eigenvalue weighted by atomic mass is 10.1. The normalized spacial score (nSPS) is 15.9. The summed E-state index contributed by atoms with van der Waals surface area (Å²) in [5.74, 6) is 1.44. The van der Waals surface area contributed by atoms with Gasteiger partial charge in [-0.25, -0.2) is 4.39 Å². The number of thioether (sulfide) groups is 1. The van der Waals surface area contributed by atoms with Crippen LogP contribution in [-0.2, 0) is 12.3 Å². The van der Waals surface area contributed by atoms with Crippen LogP contribution in [0.2, 0.25) is 0 Å². The Morgan fingerprint density at radius 1 is 1.14 bits per heavy atom. The third-order valence-corrected chi connectivity index (χ3v) is 5.53. The van der Waals surface area contributed by atoms with Gasteiger partial charge in [0.05, 0.1) is 0 Å². The second kappa shape index (κ2) is 14.4. The Morgan fingerprint density at radius 2 is 1.89 bits per heavy atom. The molecule has 1 aromatic rings. The van der Waals surface area contributed by atoms with E-state index in [2.05, 4.69) is 32.5 Å². The fraction of sp³-hybridized carbons (Fsp3) is 0.650. The van der Waals surface area contributed by atoms with Gasteiger partial charge < -0.3 is 20.4 Å². The molecule has 1 aromatic carbocycles. The van der Waals surface area contributed by atoms with Crippen LogP contribution in [0.1, 0.15) is 24.0 Å². The third-order valence-electron chi connectivity index (χ3n) is 4.93. The van der Waals surface area contributed by atoms with Crippen molar-refractivity contribution in [1.29, 1.82) is 0 Å². The highest BCUT2D eigenvalue weighted by Crippen LogP contribution is 2.16. The van der Waals surface area contributed by atoms with E-state index >= 15 is 0 Å². The van der Waals surface area contributed by atoms with Crippen molar-refractivity contribution in [3.63, 3.8) is 0 Å². The van der Waals surface area contributed by atoms with Crippen LogP contribution in [0, 0.1) is 5.82 Å². The number of hydrogen-bond donors (Lipinski definition) is 2. The number of benzene rings is 1. The molecule has 8 heteroatoms. The molecule has 1 fully saturated rings. The number of piperazine rings is 1. The maximum atomic E-state index is 13.5. The number of rotatable bonds is 9. The zero-order valence-corrected chi connectivity index (χ0v) is 20.5. The number of hydrogen-bond acceptors (Lipinski definition) is 4. The summed E-state index contributed by atoms with van der Waals surface area (Å²) in [6.07, 6.45) is 4.36. The second-order valence-electron chi connectivity index (χ2n) is 7.05. The molecule has 2 rings (SSSR count). The summed E-state index contributed by atoms with van der Waals surface area (Å²) in [6.45, 7) is 7.46. The summed E-state index contributed by atoms with van der Waals surface area (Å²) >= 11 is 1.70. The van der Waals surface area contributed by atoms with Gasteiger partial charge in [-0.05, 0) is 55.9 Å². The second-order valence-corrected chi connectivity index (χ2v) is 7.92. The standard InChI is InChI=1S/C20H34FN5S.HI/c1-22-20(23-8-4-5-9-26-12-10-25(2)11-13-26)24-15-17-6-7-19(21)14-18(17)16-27-3;/h6-7,14H,4-5,8-13,15-16H2,1-3H3,(H2,22,23,24);1H. The van der Waals surface area contributed by atoms with Crippen LogP contribution >= 0.6 is 35.7 Å². The van der Waals surface area contributed by atoms with Gasteiger partial charge in [0, 0.05) is 52.1 Å². The number of halogens is 2. The molecule has 2 N–H and O–H groups in total. The van der Waals surface area contributed by atoms with E-state index < -0.39 is 0 Å². The molecule has 0 bridgehead atoms. The number of likely N-dealkylation sites (N-methyl/N-ethyl adjacent to an activating group) is 1. The molecular weight excluding hydrogens is 488 g/mol. The molecule has 0 unspecified atom stereocenters. The minimum atomic E-state index is -0.175. The Bertz CT molecular complexity index is 594. The van der Waals surface area contributed by atoms with Crippen molar-refractivity contribution in [3.8, 4) is 0 Å². The molecule has 0 aromatic heterocycles. The van der Waals surface area contributed by atoms with E-state index in [-0.39, 0.29) is 29.8 Å². The van der Waals surface area contributed by atoms with E-state index in [0.29, 0.717) is 6.54 Å². The molecule has 0 radical (unpaired) electrons. The summed E-state index contributed by atoms with van der Waals surface area (Å²) in [4.78, 5) is 9.23. The van der Waals surface area contributed by atoms with Crippen molar-refractivity contribution in [2.75, 3.05) is 59.6 Å². The zero-order chi connectivity index (χ0) is 19.5. The van der Waals surface area contributed by atoms with Crippen LogP contribution in [0.3, 0.4) is 0 Å². The first-order valence-electron chi connectivity index (χ1n) is 9.74. The summed E-state index contributed by atoms with van der Waals surface area (Å²) in [7, 11) is 3.98. The number of guanidine groups is 1. The highest BCUT2D eigenvalue weighted by Gasteiger charge is 2.12. The molecule has 0 amide bonds. The Balaban J connectivity index is 0.00000392. The van der Waals surface area contributed by atoms with E-state index in [1.54, 1.807) is 24.9 Å². The van der Waals surface area contributed by atoms with Gasteiger partial charge in [0.1, 0.15) is 5.82 Å². The molecule has 160 valence electrons. The van der Waals surface area contributed by atoms with Crippen LogP contribution in [-0.4, -0.2) is 75.4 Å². The predicted molar refractivity (Wildman–Crippen MR) is 130 cm³/mol. The van der Waals surface area contributed by atoms with E-state index in [4.69, 9.17) is 0 Å². The summed E-state index contributed by atoms with van der Waals surface area (Å²) in [5.41, 5.74) is 2.15. The molecule has 5 nitrogen and oxygen atoms in total. The van der Waals surface area contributed by atoms with E-state index in [0.717, 1.165) is 35.8 Å². The molecule has 0 spiro atoms. The van der Waals surface area contributed by atoms with Gasteiger partial charge in [0.15, 0.2) is 5.96 Å². The Hall–Kier alpha value is -0.580. The van der Waals surface area contributed by atoms with E-state index in [9.17, 15) is 4.39 Å². The van der Waals surface area contributed by atoms with Gasteiger partial charge in [-0.2, -0.15) is 11.8 Å². The molecule has 1 saturated heterocycles. The van der Waals surface area contributed by atoms with E-state index in [1.807, 2.05) is 12.3 Å². The van der Waals surface area contributed by atoms with Gasteiger partial charge in [0.25, 0.3) is 0 Å². The zero-order valence-electron chi connectivity index (χ0n) is 17.3. The van der Waals surface area contributed by atoms with Crippen LogP contribution in [0.25, 0.3) is 0 Å². The molecule has 28 heavy (non-hydrogen) atoms. The van der Waals surface area contributed by atoms with Crippen molar-refractivity contribution in [1.82, 2.24) is 20.4 Å². The third kappa shape index (κ3) is 9.28. The van der Waals surface area contributed by atoms with Crippen LogP contribution in [0.4, 0.5) is 4.39 Å². The van der Waals surface area contributed by atoms with Crippen LogP contribution < -0.4 is 10.6 Å². The number of nitrogens with zero attached hydrogens (tertiary/aromatic N) is 3. The first-order valence-corrected chi connectivity index (χ1v) is 11.1. The lowest BCUT2D eigenvalue weighted by Crippen LogP contribution is -2.44. The lowest BCUT2D eigenvalue weighted by molar-refractivity contribution is 0.152. The van der Waals surface area contributed by atoms with Crippen molar-refractivity contribution in [3.05, 3.63) is 35.1 Å². The highest BCUT2D eigenvalue weighted by atomic mass is 127. The summed E-state index contributed by atoms with van der Waals surface area (Å²) in [5, 5.41) is 6.72. The number of aliphatic imine (C=N–C) groups is 1. The minimum Gasteiger partial charge on any atom is -0.356 e. The largest absolute Gasteiger partial charge is 0.356 e. The van der Waals surface area contributed by atoms with Crippen LogP contribution in [0.15, 0.2) is 23.2 Å². The van der Waals surface area contributed by atoms with Crippen LogP contribution in [0.5, 0.6) is 0 Å². The van der Waals surface area contributed by atoms with Gasteiger partial charge >= 0.3 is 0 Å². The number of unbranched alkanes of at least 4 members (excludes halogenated alkanes) is 1. The Labute approximate surface area is 190 Å². The van der Waals surface area contributed by atoms with Gasteiger partial charge in [-0.15, -0.1) is 24.0 Å². The van der Waals surface area contributed by atoms with E-state index in [1.165, 1.54) is 45.2 Å². The fourth-order valence-electron chi connectivity index (χ4n) is 3.20. The summed E-state index contributed by atoms with van der Waals surface area (Å²) in [6, 6.07) is 5.01. The molecule has 0 aliphatic carbocycles. The summed E-state index contributed by atoms with van der Waals surface area (Å²) < 4.78 is 13.5. The smallest absolute Gasteiger partial charge is 0.191 e. The number of nitrogens with one attached hydrogen (secondary N) is 2. The average Bonchev–Trinajstić information content (AvgIpc) is 2.67. The maximum absolute atomic E-state index is 13.5. The van der Waals surface area contributed by atoms with Gasteiger partial charge in [0.2, 0.25) is 0 Å². The van der Waals surface area contributed by atoms with Crippen molar-refractivity contribution in [2.45, 2.75) is 25.1 Å². The lowest BCUT2D eigenvalue weighted by Gasteiger charge is -2.32.